The Morgan fingerprint density at radius 3 is 1.37 bits per heavy atom. The monoisotopic (exact) mass is 828 g/mol. The minimum atomic E-state index is -4.38. The molecule has 0 radical (unpaired) electrons. The Balaban J connectivity index is 4.07. The van der Waals surface area contributed by atoms with Crippen LogP contribution in [0.25, 0.3) is 0 Å². The molecule has 0 aliphatic heterocycles. The molecular weight excluding hydrogens is 737 g/mol. The highest BCUT2D eigenvalue weighted by Crippen LogP contribution is 2.43. The molecule has 0 saturated heterocycles. The predicted molar refractivity (Wildman–Crippen MR) is 238 cm³/mol. The fourth-order valence-electron chi connectivity index (χ4n) is 6.78. The number of hydrogen-bond acceptors (Lipinski definition) is 8. The van der Waals surface area contributed by atoms with Crippen molar-refractivity contribution in [2.45, 2.75) is 238 Å². The maximum Gasteiger partial charge on any atom is 0.472 e. The van der Waals surface area contributed by atoms with E-state index in [0.717, 1.165) is 38.5 Å². The van der Waals surface area contributed by atoms with Crippen molar-refractivity contribution in [2.24, 2.45) is 5.73 Å². The SMILES string of the molecule is CCCCC/C=C/C/C=C/CCCCCCCCCCCC(=O)OC[C@H](COP(=O)(O)OCCN)OC(=O)CCCCCCCCCCCCCCCCCCC. The molecule has 0 aromatic heterocycles. The van der Waals surface area contributed by atoms with Crippen molar-refractivity contribution in [1.82, 2.24) is 0 Å². The van der Waals surface area contributed by atoms with Crippen LogP contribution in [0.1, 0.15) is 232 Å². The van der Waals surface area contributed by atoms with E-state index in [0.29, 0.717) is 6.42 Å². The largest absolute Gasteiger partial charge is 0.472 e. The molecule has 0 aromatic carbocycles. The summed E-state index contributed by atoms with van der Waals surface area (Å²) < 4.78 is 32.9. The van der Waals surface area contributed by atoms with Gasteiger partial charge in [0.15, 0.2) is 6.10 Å². The molecule has 0 heterocycles. The summed E-state index contributed by atoms with van der Waals surface area (Å²) in [6, 6.07) is 0. The Morgan fingerprint density at radius 2 is 0.912 bits per heavy atom. The van der Waals surface area contributed by atoms with Crippen LogP contribution in [0.5, 0.6) is 0 Å². The molecule has 336 valence electrons. The normalized spacial score (nSPS) is 13.4. The second-order valence-electron chi connectivity index (χ2n) is 16.0. The lowest BCUT2D eigenvalue weighted by atomic mass is 10.0. The number of hydrogen-bond donors (Lipinski definition) is 2. The van der Waals surface area contributed by atoms with Gasteiger partial charge in [0.05, 0.1) is 13.2 Å². The molecule has 0 fully saturated rings. The molecule has 0 aliphatic rings. The number of carbonyl (C=O) groups is 2. The first-order valence-electron chi connectivity index (χ1n) is 23.8. The van der Waals surface area contributed by atoms with Crippen LogP contribution >= 0.6 is 7.82 Å². The fraction of sp³-hybridized carbons (Fsp3) is 0.872. The molecule has 0 aliphatic carbocycles. The smallest absolute Gasteiger partial charge is 0.462 e. The lowest BCUT2D eigenvalue weighted by Gasteiger charge is -2.19. The molecule has 0 bridgehead atoms. The van der Waals surface area contributed by atoms with Gasteiger partial charge < -0.3 is 20.1 Å². The number of unbranched alkanes of at least 4 members (excludes halogenated alkanes) is 28. The maximum atomic E-state index is 12.6. The van der Waals surface area contributed by atoms with E-state index >= 15 is 0 Å². The zero-order chi connectivity index (χ0) is 41.8. The highest BCUT2D eigenvalue weighted by Gasteiger charge is 2.26. The van der Waals surface area contributed by atoms with Gasteiger partial charge in [-0.25, -0.2) is 4.57 Å². The Kier molecular flexibility index (Phi) is 42.9. The molecule has 0 amide bonds. The second kappa shape index (κ2) is 44.1. The Labute approximate surface area is 351 Å². The first-order chi connectivity index (χ1) is 27.8. The van der Waals surface area contributed by atoms with Gasteiger partial charge in [0.1, 0.15) is 6.61 Å². The van der Waals surface area contributed by atoms with Crippen LogP contribution in [0.4, 0.5) is 0 Å². The molecule has 2 atom stereocenters. The van der Waals surface area contributed by atoms with E-state index in [4.69, 9.17) is 24.3 Å². The highest BCUT2D eigenvalue weighted by atomic mass is 31.2. The van der Waals surface area contributed by atoms with E-state index in [9.17, 15) is 19.0 Å². The second-order valence-corrected chi connectivity index (χ2v) is 17.4. The molecule has 3 N–H and O–H groups in total. The van der Waals surface area contributed by atoms with Gasteiger partial charge in [0.25, 0.3) is 0 Å². The molecule has 1 unspecified atom stereocenters. The molecule has 9 nitrogen and oxygen atoms in total. The number of nitrogens with two attached hydrogens (primary N) is 1. The van der Waals surface area contributed by atoms with E-state index in [1.54, 1.807) is 0 Å². The molecule has 0 spiro atoms. The fourth-order valence-corrected chi connectivity index (χ4v) is 7.55. The predicted octanol–water partition coefficient (Wildman–Crippen LogP) is 13.9. The summed E-state index contributed by atoms with van der Waals surface area (Å²) in [6.07, 6.45) is 47.7. The van der Waals surface area contributed by atoms with Crippen LogP contribution in [-0.4, -0.2) is 49.3 Å². The van der Waals surface area contributed by atoms with Crippen molar-refractivity contribution >= 4 is 19.8 Å². The van der Waals surface area contributed by atoms with Crippen LogP contribution in [0, 0.1) is 0 Å². The van der Waals surface area contributed by atoms with Crippen LogP contribution in [-0.2, 0) is 32.7 Å². The average Bonchev–Trinajstić information content (AvgIpc) is 3.20. The topological polar surface area (TPSA) is 134 Å². The molecule has 0 rings (SSSR count). The van der Waals surface area contributed by atoms with Crippen LogP contribution in [0.3, 0.4) is 0 Å². The standard InChI is InChI=1S/C47H90NO8P/c1-3-5-7-9-11-13-15-17-19-21-22-24-25-27-29-31-33-35-37-39-46(49)53-43-45(44-55-57(51,52)54-42-41-48)56-47(50)40-38-36-34-32-30-28-26-23-20-18-16-14-12-10-8-6-4-2/h11,13,17,19,45H,3-10,12,14-16,18,20-44,48H2,1-2H3,(H,51,52)/b13-11+,19-17+/t45-/m1/s1. The minimum Gasteiger partial charge on any atom is -0.462 e. The van der Waals surface area contributed by atoms with E-state index in [-0.39, 0.29) is 38.6 Å². The Morgan fingerprint density at radius 1 is 0.526 bits per heavy atom. The van der Waals surface area contributed by atoms with Crippen molar-refractivity contribution in [3.63, 3.8) is 0 Å². The minimum absolute atomic E-state index is 0.0548. The molecule has 57 heavy (non-hydrogen) atoms. The quantitative estimate of drug-likeness (QED) is 0.0266. The first-order valence-corrected chi connectivity index (χ1v) is 25.3. The number of esters is 2. The molecule has 10 heteroatoms. The third-order valence-electron chi connectivity index (χ3n) is 10.3. The van der Waals surface area contributed by atoms with Gasteiger partial charge in [-0.1, -0.05) is 199 Å². The summed E-state index contributed by atoms with van der Waals surface area (Å²) in [5.74, 6) is -0.822. The number of allylic oxidation sites excluding steroid dienone is 4. The van der Waals surface area contributed by atoms with Crippen LogP contribution < -0.4 is 5.73 Å². The van der Waals surface area contributed by atoms with Gasteiger partial charge in [0.2, 0.25) is 0 Å². The van der Waals surface area contributed by atoms with E-state index in [2.05, 4.69) is 38.2 Å². The van der Waals surface area contributed by atoms with E-state index in [1.807, 2.05) is 0 Å². The first kappa shape index (κ1) is 55.5. The summed E-state index contributed by atoms with van der Waals surface area (Å²) in [7, 11) is -4.38. The van der Waals surface area contributed by atoms with E-state index in [1.165, 1.54) is 161 Å². The van der Waals surface area contributed by atoms with Crippen LogP contribution in [0.2, 0.25) is 0 Å². The van der Waals surface area contributed by atoms with Gasteiger partial charge in [-0.05, 0) is 44.9 Å². The summed E-state index contributed by atoms with van der Waals surface area (Å²) in [6.45, 7) is 3.74. The molecular formula is C47H90NO8P. The van der Waals surface area contributed by atoms with Crippen LogP contribution in [0.15, 0.2) is 24.3 Å². The number of phosphoric ester groups is 1. The van der Waals surface area contributed by atoms with Gasteiger partial charge in [-0.15, -0.1) is 0 Å². The Hall–Kier alpha value is -1.51. The van der Waals surface area contributed by atoms with Crippen molar-refractivity contribution in [1.29, 1.82) is 0 Å². The van der Waals surface area contributed by atoms with Crippen molar-refractivity contribution in [3.8, 4) is 0 Å². The Bertz CT molecular complexity index is 990. The lowest BCUT2D eigenvalue weighted by molar-refractivity contribution is -0.161. The number of carbonyl (C=O) groups excluding carboxylic acids is 2. The maximum absolute atomic E-state index is 12.6. The molecule has 0 aromatic rings. The van der Waals surface area contributed by atoms with Gasteiger partial charge in [-0.3, -0.25) is 18.6 Å². The van der Waals surface area contributed by atoms with Gasteiger partial charge in [-0.2, -0.15) is 0 Å². The third kappa shape index (κ3) is 43.9. The van der Waals surface area contributed by atoms with Crippen molar-refractivity contribution < 1.29 is 37.6 Å². The summed E-state index contributed by atoms with van der Waals surface area (Å²) in [4.78, 5) is 35.0. The van der Waals surface area contributed by atoms with E-state index < -0.39 is 26.5 Å². The molecule has 0 saturated carbocycles. The summed E-state index contributed by atoms with van der Waals surface area (Å²) in [5, 5.41) is 0. The average molecular weight is 828 g/mol. The number of ether oxygens (including phenoxy) is 2. The van der Waals surface area contributed by atoms with Gasteiger partial charge >= 0.3 is 19.8 Å². The lowest BCUT2D eigenvalue weighted by Crippen LogP contribution is -2.29. The highest BCUT2D eigenvalue weighted by molar-refractivity contribution is 7.47. The number of rotatable bonds is 45. The summed E-state index contributed by atoms with van der Waals surface area (Å²) in [5.41, 5.74) is 5.36. The zero-order valence-corrected chi connectivity index (χ0v) is 38.0. The third-order valence-corrected chi connectivity index (χ3v) is 11.3. The summed E-state index contributed by atoms with van der Waals surface area (Å²) >= 11 is 0. The van der Waals surface area contributed by atoms with Crippen molar-refractivity contribution in [3.05, 3.63) is 24.3 Å². The zero-order valence-electron chi connectivity index (χ0n) is 37.1. The van der Waals surface area contributed by atoms with Gasteiger partial charge in [0, 0.05) is 19.4 Å². The number of phosphoric acid groups is 1. The van der Waals surface area contributed by atoms with Crippen molar-refractivity contribution in [2.75, 3.05) is 26.4 Å².